The van der Waals surface area contributed by atoms with Gasteiger partial charge in [0.15, 0.2) is 0 Å². The number of para-hydroxylation sites is 2. The van der Waals surface area contributed by atoms with Gasteiger partial charge in [0, 0.05) is 29.6 Å². The van der Waals surface area contributed by atoms with E-state index in [-0.39, 0.29) is 5.91 Å². The summed E-state index contributed by atoms with van der Waals surface area (Å²) in [4.78, 5) is 25.7. The van der Waals surface area contributed by atoms with Crippen LogP contribution in [0.4, 0.5) is 5.82 Å². The van der Waals surface area contributed by atoms with Crippen LogP contribution in [-0.4, -0.2) is 25.4 Å². The molecule has 136 valence electrons. The number of benzene rings is 2. The zero-order valence-electron chi connectivity index (χ0n) is 14.7. The Morgan fingerprint density at radius 1 is 1.00 bits per heavy atom. The maximum atomic E-state index is 13.2. The van der Waals surface area contributed by atoms with Gasteiger partial charge in [-0.05, 0) is 12.1 Å². The van der Waals surface area contributed by atoms with E-state index in [0.29, 0.717) is 23.1 Å². The number of anilines is 1. The van der Waals surface area contributed by atoms with Crippen molar-refractivity contribution in [2.45, 2.75) is 5.92 Å². The van der Waals surface area contributed by atoms with E-state index in [9.17, 15) is 4.79 Å². The second-order valence-corrected chi connectivity index (χ2v) is 6.33. The third-order valence-electron chi connectivity index (χ3n) is 4.61. The molecule has 4 aromatic rings. The minimum Gasteiger partial charge on any atom is -0.457 e. The van der Waals surface area contributed by atoms with E-state index in [0.717, 1.165) is 11.1 Å². The van der Waals surface area contributed by atoms with Crippen molar-refractivity contribution in [3.8, 4) is 17.3 Å². The summed E-state index contributed by atoms with van der Waals surface area (Å²) >= 11 is 0. The summed E-state index contributed by atoms with van der Waals surface area (Å²) in [6.07, 6.45) is 6.49. The Kier molecular flexibility index (Phi) is 3.83. The monoisotopic (exact) mass is 369 g/mol. The van der Waals surface area contributed by atoms with E-state index >= 15 is 0 Å². The van der Waals surface area contributed by atoms with Crippen LogP contribution in [0.3, 0.4) is 0 Å². The number of rotatable bonds is 3. The first-order valence-corrected chi connectivity index (χ1v) is 8.76. The molecule has 0 atom stereocenters. The summed E-state index contributed by atoms with van der Waals surface area (Å²) in [5, 5.41) is 2.92. The summed E-state index contributed by atoms with van der Waals surface area (Å²) in [6, 6.07) is 16.8. The Balaban J connectivity index is 1.50. The molecule has 1 N–H and O–H groups in total. The highest BCUT2D eigenvalue weighted by Crippen LogP contribution is 2.44. The smallest absolute Gasteiger partial charge is 0.237 e. The largest absolute Gasteiger partial charge is 0.457 e. The molecule has 1 aliphatic rings. The Morgan fingerprint density at radius 2 is 1.71 bits per heavy atom. The zero-order chi connectivity index (χ0) is 18.9. The van der Waals surface area contributed by atoms with Gasteiger partial charge >= 0.3 is 0 Å². The summed E-state index contributed by atoms with van der Waals surface area (Å²) in [5.41, 5.74) is 1.64. The van der Waals surface area contributed by atoms with Crippen molar-refractivity contribution in [3.05, 3.63) is 90.8 Å². The van der Waals surface area contributed by atoms with Crippen LogP contribution in [0, 0.1) is 0 Å². The number of ether oxygens (including phenoxy) is 1. The minimum absolute atomic E-state index is 0.182. The van der Waals surface area contributed by atoms with Gasteiger partial charge in [-0.25, -0.2) is 15.0 Å². The number of fused-ring (bicyclic) bond motifs is 2. The Bertz CT molecular complexity index is 1110. The van der Waals surface area contributed by atoms with Crippen LogP contribution in [0.1, 0.15) is 17.0 Å². The fourth-order valence-corrected chi connectivity index (χ4v) is 3.34. The molecule has 1 amide bonds. The number of amides is 1. The molecule has 2 aromatic heterocycles. The number of carbonyl (C=O) groups is 1. The molecule has 28 heavy (non-hydrogen) atoms. The third kappa shape index (κ3) is 2.79. The maximum Gasteiger partial charge on any atom is 0.237 e. The van der Waals surface area contributed by atoms with Gasteiger partial charge in [-0.2, -0.15) is 0 Å². The predicted molar refractivity (Wildman–Crippen MR) is 103 cm³/mol. The normalized spacial score (nSPS) is 12.6. The highest BCUT2D eigenvalue weighted by Gasteiger charge is 2.32. The van der Waals surface area contributed by atoms with E-state index in [2.05, 4.69) is 20.3 Å². The molecule has 7 heteroatoms. The molecule has 0 bridgehead atoms. The summed E-state index contributed by atoms with van der Waals surface area (Å²) < 4.78 is 7.71. The number of nitrogens with zero attached hydrogens (tertiary/aromatic N) is 4. The van der Waals surface area contributed by atoms with E-state index in [1.54, 1.807) is 29.4 Å². The van der Waals surface area contributed by atoms with Crippen LogP contribution < -0.4 is 10.1 Å². The van der Waals surface area contributed by atoms with Crippen molar-refractivity contribution < 1.29 is 9.53 Å². The van der Waals surface area contributed by atoms with Crippen LogP contribution in [0.25, 0.3) is 5.82 Å². The van der Waals surface area contributed by atoms with Gasteiger partial charge in [-0.3, -0.25) is 9.36 Å². The van der Waals surface area contributed by atoms with Crippen LogP contribution >= 0.6 is 0 Å². The van der Waals surface area contributed by atoms with E-state index in [1.807, 2.05) is 48.5 Å². The van der Waals surface area contributed by atoms with E-state index < -0.39 is 5.92 Å². The quantitative estimate of drug-likeness (QED) is 0.597. The summed E-state index contributed by atoms with van der Waals surface area (Å²) in [6.45, 7) is 0. The fourth-order valence-electron chi connectivity index (χ4n) is 3.34. The molecule has 0 aliphatic carbocycles. The first-order valence-electron chi connectivity index (χ1n) is 8.76. The van der Waals surface area contributed by atoms with Gasteiger partial charge in [0.25, 0.3) is 0 Å². The van der Waals surface area contributed by atoms with Gasteiger partial charge in [-0.1, -0.05) is 36.4 Å². The fraction of sp³-hybridized carbons (Fsp3) is 0.0476. The third-order valence-corrected chi connectivity index (χ3v) is 4.61. The summed E-state index contributed by atoms with van der Waals surface area (Å²) in [7, 11) is 0. The van der Waals surface area contributed by atoms with Crippen LogP contribution in [-0.2, 0) is 4.79 Å². The number of aromatic nitrogens is 4. The molecule has 0 radical (unpaired) electrons. The molecule has 0 fully saturated rings. The molecule has 0 saturated heterocycles. The number of nitrogens with one attached hydrogen (secondary N) is 1. The second-order valence-electron chi connectivity index (χ2n) is 6.33. The van der Waals surface area contributed by atoms with Gasteiger partial charge in [0.2, 0.25) is 5.91 Å². The standard InChI is InChI=1S/C21H15N5O2/c27-21(25-18-11-19(24-12-23-18)26-10-9-22-13-26)20-14-5-1-3-7-16(14)28-17-8-4-2-6-15(17)20/h1-13,20H,(H,23,24,25,27). The van der Waals surface area contributed by atoms with Gasteiger partial charge in [-0.15, -0.1) is 0 Å². The lowest BCUT2D eigenvalue weighted by Crippen LogP contribution is -2.25. The van der Waals surface area contributed by atoms with Crippen molar-refractivity contribution in [3.63, 3.8) is 0 Å². The maximum absolute atomic E-state index is 13.2. The number of carbonyl (C=O) groups excluding carboxylic acids is 1. The van der Waals surface area contributed by atoms with Crippen molar-refractivity contribution in [1.29, 1.82) is 0 Å². The van der Waals surface area contributed by atoms with Crippen molar-refractivity contribution in [2.24, 2.45) is 0 Å². The first kappa shape index (κ1) is 16.2. The minimum atomic E-state index is -0.493. The van der Waals surface area contributed by atoms with E-state index in [1.165, 1.54) is 6.33 Å². The lowest BCUT2D eigenvalue weighted by atomic mass is 9.87. The molecule has 7 nitrogen and oxygen atoms in total. The Morgan fingerprint density at radius 3 is 2.39 bits per heavy atom. The van der Waals surface area contributed by atoms with Gasteiger partial charge in [0.1, 0.15) is 35.8 Å². The molecule has 3 heterocycles. The number of hydrogen-bond acceptors (Lipinski definition) is 5. The summed E-state index contributed by atoms with van der Waals surface area (Å²) in [5.74, 6) is 1.73. The Labute approximate surface area is 160 Å². The highest BCUT2D eigenvalue weighted by molar-refractivity contribution is 5.99. The van der Waals surface area contributed by atoms with Gasteiger partial charge < -0.3 is 10.1 Å². The predicted octanol–water partition coefficient (Wildman–Crippen LogP) is 3.54. The SMILES string of the molecule is O=C(Nc1cc(-n2ccnc2)ncn1)C1c2ccccc2Oc2ccccc21. The number of hydrogen-bond donors (Lipinski definition) is 1. The molecule has 1 aliphatic heterocycles. The Hall–Kier alpha value is -4.00. The second kappa shape index (κ2) is 6.62. The first-order chi connectivity index (χ1) is 13.8. The lowest BCUT2D eigenvalue weighted by molar-refractivity contribution is -0.116. The average Bonchev–Trinajstić information content (AvgIpc) is 3.27. The van der Waals surface area contributed by atoms with E-state index in [4.69, 9.17) is 4.74 Å². The van der Waals surface area contributed by atoms with Crippen molar-refractivity contribution >= 4 is 11.7 Å². The molecular formula is C21H15N5O2. The average molecular weight is 369 g/mol. The zero-order valence-corrected chi connectivity index (χ0v) is 14.7. The van der Waals surface area contributed by atoms with Crippen LogP contribution in [0.2, 0.25) is 0 Å². The topological polar surface area (TPSA) is 81.9 Å². The van der Waals surface area contributed by atoms with Crippen LogP contribution in [0.15, 0.2) is 79.6 Å². The molecule has 2 aromatic carbocycles. The highest BCUT2D eigenvalue weighted by atomic mass is 16.5. The van der Waals surface area contributed by atoms with Crippen molar-refractivity contribution in [1.82, 2.24) is 19.5 Å². The van der Waals surface area contributed by atoms with Crippen molar-refractivity contribution in [2.75, 3.05) is 5.32 Å². The van der Waals surface area contributed by atoms with Gasteiger partial charge in [0.05, 0.1) is 5.92 Å². The van der Waals surface area contributed by atoms with Crippen LogP contribution in [0.5, 0.6) is 11.5 Å². The molecule has 0 unspecified atom stereocenters. The molecule has 5 rings (SSSR count). The molecular weight excluding hydrogens is 354 g/mol. The molecule has 0 spiro atoms. The molecule has 0 saturated carbocycles. The lowest BCUT2D eigenvalue weighted by Gasteiger charge is -2.27. The number of imidazole rings is 1.